The molecule has 1 rings (SSSR count). The Balaban J connectivity index is 3.34. The summed E-state index contributed by atoms with van der Waals surface area (Å²) in [5, 5.41) is 0. The Kier molecular flexibility index (Phi) is 7.59. The largest absolute Gasteiger partial charge is 0.465 e. The highest BCUT2D eigenvalue weighted by Gasteiger charge is 2.49. The number of ether oxygens (including phenoxy) is 3. The summed E-state index contributed by atoms with van der Waals surface area (Å²) in [5.41, 5.74) is -0.971. The zero-order valence-corrected chi connectivity index (χ0v) is 14.4. The van der Waals surface area contributed by atoms with Crippen molar-refractivity contribution in [2.24, 2.45) is 0 Å². The molecule has 0 fully saturated rings. The van der Waals surface area contributed by atoms with Gasteiger partial charge in [0.2, 0.25) is 0 Å². The Bertz CT molecular complexity index is 620. The van der Waals surface area contributed by atoms with Crippen molar-refractivity contribution in [1.29, 1.82) is 0 Å². The molecule has 0 heterocycles. The van der Waals surface area contributed by atoms with Crippen LogP contribution in [-0.2, 0) is 29.2 Å². The smallest absolute Gasteiger partial charge is 0.337 e. The topological polar surface area (TPSA) is 78.9 Å². The summed E-state index contributed by atoms with van der Waals surface area (Å²) in [4.78, 5) is 36.9. The van der Waals surface area contributed by atoms with Gasteiger partial charge in [-0.25, -0.2) is 4.79 Å². The average molecular weight is 346 g/mol. The SMILES string of the molecule is C=CCOC(=O)C(CC)(C(=O)OCC=C)c1ccc(C(=O)OC)cc1. The van der Waals surface area contributed by atoms with E-state index < -0.39 is 23.3 Å². The molecule has 0 bridgehead atoms. The van der Waals surface area contributed by atoms with Crippen LogP contribution in [0.2, 0.25) is 0 Å². The molecule has 1 aromatic rings. The number of carbonyl (C=O) groups excluding carboxylic acids is 3. The van der Waals surface area contributed by atoms with Crippen LogP contribution in [0.25, 0.3) is 0 Å². The Morgan fingerprint density at radius 1 is 1.00 bits per heavy atom. The van der Waals surface area contributed by atoms with Gasteiger partial charge in [-0.2, -0.15) is 0 Å². The molecule has 1 aromatic carbocycles. The molecule has 0 aromatic heterocycles. The van der Waals surface area contributed by atoms with Crippen LogP contribution in [-0.4, -0.2) is 38.2 Å². The average Bonchev–Trinajstić information content (AvgIpc) is 2.65. The normalized spacial score (nSPS) is 10.5. The maximum atomic E-state index is 12.6. The van der Waals surface area contributed by atoms with Gasteiger partial charge in [-0.3, -0.25) is 9.59 Å². The molecule has 0 aliphatic heterocycles. The van der Waals surface area contributed by atoms with Crippen LogP contribution < -0.4 is 0 Å². The van der Waals surface area contributed by atoms with Gasteiger partial charge in [0.15, 0.2) is 5.41 Å². The first-order valence-electron chi connectivity index (χ1n) is 7.73. The highest BCUT2D eigenvalue weighted by Crippen LogP contribution is 2.32. The fourth-order valence-corrected chi connectivity index (χ4v) is 2.34. The molecule has 0 aliphatic carbocycles. The second-order valence-electron chi connectivity index (χ2n) is 5.10. The van der Waals surface area contributed by atoms with Gasteiger partial charge in [0.25, 0.3) is 0 Å². The Morgan fingerprint density at radius 2 is 1.48 bits per heavy atom. The molecule has 0 N–H and O–H groups in total. The van der Waals surface area contributed by atoms with E-state index in [1.54, 1.807) is 6.92 Å². The van der Waals surface area contributed by atoms with Crippen LogP contribution in [0.15, 0.2) is 49.6 Å². The van der Waals surface area contributed by atoms with Crippen molar-refractivity contribution in [3.05, 3.63) is 60.7 Å². The molecular formula is C19H22O6. The summed E-state index contributed by atoms with van der Waals surface area (Å²) in [6.45, 7) is 8.59. The van der Waals surface area contributed by atoms with Crippen LogP contribution in [0.1, 0.15) is 29.3 Å². The van der Waals surface area contributed by atoms with Gasteiger partial charge in [-0.1, -0.05) is 44.4 Å². The second kappa shape index (κ2) is 9.42. The highest BCUT2D eigenvalue weighted by atomic mass is 16.6. The summed E-state index contributed by atoms with van der Waals surface area (Å²) in [6.07, 6.45) is 2.94. The van der Waals surface area contributed by atoms with Gasteiger partial charge in [0.1, 0.15) is 13.2 Å². The van der Waals surface area contributed by atoms with Gasteiger partial charge < -0.3 is 14.2 Å². The van der Waals surface area contributed by atoms with Crippen molar-refractivity contribution in [2.45, 2.75) is 18.8 Å². The van der Waals surface area contributed by atoms with Crippen molar-refractivity contribution in [1.82, 2.24) is 0 Å². The predicted molar refractivity (Wildman–Crippen MR) is 92.1 cm³/mol. The van der Waals surface area contributed by atoms with Gasteiger partial charge >= 0.3 is 17.9 Å². The molecule has 0 saturated heterocycles. The molecule has 0 amide bonds. The van der Waals surface area contributed by atoms with E-state index in [1.165, 1.54) is 43.5 Å². The summed E-state index contributed by atoms with van der Waals surface area (Å²) in [6, 6.07) is 5.99. The lowest BCUT2D eigenvalue weighted by molar-refractivity contribution is -0.164. The first-order chi connectivity index (χ1) is 12.0. The summed E-state index contributed by atoms with van der Waals surface area (Å²) in [7, 11) is 1.27. The lowest BCUT2D eigenvalue weighted by Gasteiger charge is -2.28. The molecular weight excluding hydrogens is 324 g/mol. The summed E-state index contributed by atoms with van der Waals surface area (Å²) >= 11 is 0. The van der Waals surface area contributed by atoms with Crippen molar-refractivity contribution in [3.8, 4) is 0 Å². The van der Waals surface area contributed by atoms with Crippen molar-refractivity contribution >= 4 is 17.9 Å². The van der Waals surface area contributed by atoms with Gasteiger partial charge in [0, 0.05) is 0 Å². The minimum Gasteiger partial charge on any atom is -0.465 e. The predicted octanol–water partition coefficient (Wildman–Crippen LogP) is 2.58. The number of hydrogen-bond acceptors (Lipinski definition) is 6. The van der Waals surface area contributed by atoms with E-state index in [0.717, 1.165) is 0 Å². The zero-order chi connectivity index (χ0) is 18.9. The Morgan fingerprint density at radius 3 is 1.84 bits per heavy atom. The van der Waals surface area contributed by atoms with E-state index in [1.807, 2.05) is 0 Å². The van der Waals surface area contributed by atoms with Crippen LogP contribution >= 0.6 is 0 Å². The molecule has 0 saturated carbocycles. The van der Waals surface area contributed by atoms with Crippen LogP contribution in [0.3, 0.4) is 0 Å². The molecule has 0 radical (unpaired) electrons. The monoisotopic (exact) mass is 346 g/mol. The number of benzene rings is 1. The first kappa shape index (κ1) is 20.2. The number of esters is 3. The maximum absolute atomic E-state index is 12.6. The van der Waals surface area contributed by atoms with Crippen molar-refractivity contribution < 1.29 is 28.6 Å². The van der Waals surface area contributed by atoms with E-state index in [0.29, 0.717) is 11.1 Å². The number of methoxy groups -OCH3 is 1. The molecule has 6 nitrogen and oxygen atoms in total. The lowest BCUT2D eigenvalue weighted by atomic mass is 9.77. The minimum absolute atomic E-state index is 0.0322. The molecule has 0 atom stereocenters. The van der Waals surface area contributed by atoms with E-state index in [4.69, 9.17) is 9.47 Å². The highest BCUT2D eigenvalue weighted by molar-refractivity contribution is 6.06. The third-order valence-corrected chi connectivity index (χ3v) is 3.69. The number of rotatable bonds is 9. The van der Waals surface area contributed by atoms with Crippen LogP contribution in [0.5, 0.6) is 0 Å². The van der Waals surface area contributed by atoms with Crippen LogP contribution in [0, 0.1) is 0 Å². The fraction of sp³-hybridized carbons (Fsp3) is 0.316. The first-order valence-corrected chi connectivity index (χ1v) is 7.73. The number of hydrogen-bond donors (Lipinski definition) is 0. The maximum Gasteiger partial charge on any atom is 0.337 e. The fourth-order valence-electron chi connectivity index (χ4n) is 2.34. The molecule has 0 aliphatic rings. The molecule has 0 unspecified atom stereocenters. The molecule has 25 heavy (non-hydrogen) atoms. The number of carbonyl (C=O) groups is 3. The zero-order valence-electron chi connectivity index (χ0n) is 14.4. The summed E-state index contributed by atoms with van der Waals surface area (Å²) in [5.74, 6) is -2.00. The van der Waals surface area contributed by atoms with Crippen LogP contribution in [0.4, 0.5) is 0 Å². The third kappa shape index (κ3) is 4.35. The third-order valence-electron chi connectivity index (χ3n) is 3.69. The van der Waals surface area contributed by atoms with Gasteiger partial charge in [0.05, 0.1) is 12.7 Å². The van der Waals surface area contributed by atoms with E-state index in [2.05, 4.69) is 17.9 Å². The summed E-state index contributed by atoms with van der Waals surface area (Å²) < 4.78 is 14.9. The minimum atomic E-state index is -1.64. The van der Waals surface area contributed by atoms with Crippen molar-refractivity contribution in [3.63, 3.8) is 0 Å². The quantitative estimate of drug-likeness (QED) is 0.296. The lowest BCUT2D eigenvalue weighted by Crippen LogP contribution is -2.45. The van der Waals surface area contributed by atoms with E-state index in [9.17, 15) is 14.4 Å². The molecule has 6 heteroatoms. The Labute approximate surface area is 147 Å². The van der Waals surface area contributed by atoms with E-state index >= 15 is 0 Å². The second-order valence-corrected chi connectivity index (χ2v) is 5.10. The van der Waals surface area contributed by atoms with Gasteiger partial charge in [-0.15, -0.1) is 0 Å². The van der Waals surface area contributed by atoms with Crippen molar-refractivity contribution in [2.75, 3.05) is 20.3 Å². The standard InChI is InChI=1S/C19H22O6/c1-5-12-24-17(21)19(7-3,18(22)25-13-6-2)15-10-8-14(9-11-15)16(20)23-4/h5-6,8-11H,1-2,7,12-13H2,3-4H3. The molecule has 134 valence electrons. The Hall–Kier alpha value is -2.89. The molecule has 0 spiro atoms. The van der Waals surface area contributed by atoms with E-state index in [-0.39, 0.29) is 19.6 Å². The van der Waals surface area contributed by atoms with Gasteiger partial charge in [-0.05, 0) is 24.1 Å².